The van der Waals surface area contributed by atoms with Crippen molar-refractivity contribution in [2.75, 3.05) is 19.8 Å². The van der Waals surface area contributed by atoms with Gasteiger partial charge in [0.25, 0.3) is 0 Å². The van der Waals surface area contributed by atoms with Crippen molar-refractivity contribution in [1.29, 1.82) is 0 Å². The Morgan fingerprint density at radius 3 is 2.00 bits per heavy atom. The molecule has 0 aliphatic rings. The molecule has 0 spiro atoms. The molecule has 0 aromatic heterocycles. The van der Waals surface area contributed by atoms with Crippen LogP contribution < -0.4 is 10.6 Å². The number of nitrogens with one attached hydrogen (secondary N) is 2. The van der Waals surface area contributed by atoms with Gasteiger partial charge >= 0.3 is 11.9 Å². The molecule has 0 rings (SSSR count). The monoisotopic (exact) mass is 432 g/mol. The van der Waals surface area contributed by atoms with Gasteiger partial charge in [0.15, 0.2) is 0 Å². The van der Waals surface area contributed by atoms with Crippen molar-refractivity contribution in [1.82, 2.24) is 10.6 Å². The number of carbonyl (C=O) groups excluding carboxylic acids is 2. The summed E-state index contributed by atoms with van der Waals surface area (Å²) in [5.74, 6) is -3.32. The lowest BCUT2D eigenvalue weighted by Gasteiger charge is -2.32. The van der Waals surface area contributed by atoms with Crippen molar-refractivity contribution in [3.05, 3.63) is 0 Å². The molecule has 5 N–H and O–H groups in total. The minimum absolute atomic E-state index is 0.0121. The number of hydrogen-bond acceptors (Lipinski definition) is 6. The molecule has 0 unspecified atom stereocenters. The predicted octanol–water partition coefficient (Wildman–Crippen LogP) is 0.767. The highest BCUT2D eigenvalue weighted by Gasteiger charge is 2.40. The van der Waals surface area contributed by atoms with Crippen molar-refractivity contribution in [3.8, 4) is 0 Å². The van der Waals surface area contributed by atoms with Crippen LogP contribution >= 0.6 is 0 Å². The summed E-state index contributed by atoms with van der Waals surface area (Å²) in [7, 11) is 0. The molecule has 0 heterocycles. The molecule has 2 amide bonds. The van der Waals surface area contributed by atoms with E-state index in [1.165, 1.54) is 13.8 Å². The first-order valence-electron chi connectivity index (χ1n) is 9.83. The van der Waals surface area contributed by atoms with Crippen molar-refractivity contribution in [2.45, 2.75) is 72.4 Å². The molecule has 174 valence electrons. The van der Waals surface area contributed by atoms with Crippen LogP contribution in [0.4, 0.5) is 0 Å². The number of aliphatic hydroxyl groups is 1. The second-order valence-electron chi connectivity index (χ2n) is 9.27. The third-order valence-corrected chi connectivity index (χ3v) is 4.64. The molecular weight excluding hydrogens is 396 g/mol. The van der Waals surface area contributed by atoms with Crippen LogP contribution in [0.2, 0.25) is 0 Å². The van der Waals surface area contributed by atoms with Gasteiger partial charge in [0.05, 0.1) is 24.2 Å². The fraction of sp³-hybridized carbons (Fsp3) is 0.800. The third kappa shape index (κ3) is 10.0. The first-order chi connectivity index (χ1) is 13.5. The smallest absolute Gasteiger partial charge is 0.326 e. The number of aliphatic hydroxyl groups excluding tert-OH is 1. The lowest BCUT2D eigenvalue weighted by atomic mass is 9.74. The Morgan fingerprint density at radius 2 is 1.53 bits per heavy atom. The Kier molecular flexibility index (Phi) is 10.4. The zero-order chi connectivity index (χ0) is 23.8. The fourth-order valence-corrected chi connectivity index (χ4v) is 2.80. The van der Waals surface area contributed by atoms with E-state index < -0.39 is 46.2 Å². The van der Waals surface area contributed by atoms with Crippen LogP contribution in [0.3, 0.4) is 0 Å². The summed E-state index contributed by atoms with van der Waals surface area (Å²) in [5.41, 5.74) is -2.99. The average molecular weight is 433 g/mol. The van der Waals surface area contributed by atoms with Crippen LogP contribution in [0.1, 0.15) is 60.8 Å². The molecule has 0 aliphatic carbocycles. The Morgan fingerprint density at radius 1 is 0.967 bits per heavy atom. The summed E-state index contributed by atoms with van der Waals surface area (Å²) in [6.07, 6.45) is -0.228. The van der Waals surface area contributed by atoms with Gasteiger partial charge in [-0.05, 0) is 40.5 Å². The number of carbonyl (C=O) groups is 4. The number of amides is 2. The second kappa shape index (κ2) is 11.3. The molecule has 30 heavy (non-hydrogen) atoms. The van der Waals surface area contributed by atoms with Gasteiger partial charge in [-0.15, -0.1) is 0 Å². The zero-order valence-electron chi connectivity index (χ0n) is 18.7. The summed E-state index contributed by atoms with van der Waals surface area (Å²) >= 11 is 0. The fourth-order valence-electron chi connectivity index (χ4n) is 2.80. The van der Waals surface area contributed by atoms with Gasteiger partial charge in [-0.3, -0.25) is 14.4 Å². The van der Waals surface area contributed by atoms with Gasteiger partial charge in [0.2, 0.25) is 11.8 Å². The maximum Gasteiger partial charge on any atom is 0.326 e. The van der Waals surface area contributed by atoms with Gasteiger partial charge in [-0.1, -0.05) is 13.8 Å². The van der Waals surface area contributed by atoms with Crippen LogP contribution in [0.15, 0.2) is 0 Å². The van der Waals surface area contributed by atoms with E-state index >= 15 is 0 Å². The number of rotatable bonds is 14. The molecule has 0 saturated heterocycles. The molecule has 1 atom stereocenters. The first-order valence-corrected chi connectivity index (χ1v) is 9.83. The molecular formula is C20H36N2O8. The molecule has 0 bridgehead atoms. The zero-order valence-corrected chi connectivity index (χ0v) is 18.7. The quantitative estimate of drug-likeness (QED) is 0.251. The van der Waals surface area contributed by atoms with Crippen molar-refractivity contribution < 1.29 is 39.2 Å². The molecule has 0 aromatic carbocycles. The van der Waals surface area contributed by atoms with Crippen LogP contribution in [0.25, 0.3) is 0 Å². The van der Waals surface area contributed by atoms with Crippen molar-refractivity contribution in [3.63, 3.8) is 0 Å². The molecule has 0 aliphatic heterocycles. The predicted molar refractivity (Wildman–Crippen MR) is 109 cm³/mol. The molecule has 10 heteroatoms. The van der Waals surface area contributed by atoms with Crippen LogP contribution in [-0.4, -0.2) is 70.5 Å². The molecule has 0 fully saturated rings. The first kappa shape index (κ1) is 27.8. The van der Waals surface area contributed by atoms with E-state index in [0.717, 1.165) is 0 Å². The highest BCUT2D eigenvalue weighted by Crippen LogP contribution is 2.34. The van der Waals surface area contributed by atoms with E-state index in [1.54, 1.807) is 27.7 Å². The van der Waals surface area contributed by atoms with E-state index in [1.807, 2.05) is 0 Å². The lowest BCUT2D eigenvalue weighted by molar-refractivity contribution is -0.151. The molecule has 10 nitrogen and oxygen atoms in total. The van der Waals surface area contributed by atoms with Gasteiger partial charge in [-0.2, -0.15) is 0 Å². The SMILES string of the molecule is CC(C)(CO)OCCNC(=O)CC[C@H](NC(=O)C(C)(C)CC(C)(C)C(=O)O)C(=O)O. The van der Waals surface area contributed by atoms with Crippen molar-refractivity contribution >= 4 is 23.8 Å². The standard InChI is InChI=1S/C20H36N2O8/c1-18(2,11-19(3,4)17(28)29)16(27)22-13(15(25)26)7-8-14(24)21-9-10-30-20(5,6)12-23/h13,23H,7-12H2,1-6H3,(H,21,24)(H,22,27)(H,25,26)(H,28,29)/t13-/m0/s1. The Bertz CT molecular complexity index is 628. The maximum absolute atomic E-state index is 12.6. The van der Waals surface area contributed by atoms with E-state index in [4.69, 9.17) is 9.84 Å². The third-order valence-electron chi connectivity index (χ3n) is 4.64. The number of carboxylic acids is 2. The van der Waals surface area contributed by atoms with Crippen LogP contribution in [-0.2, 0) is 23.9 Å². The molecule has 0 radical (unpaired) electrons. The molecule has 0 saturated carbocycles. The minimum Gasteiger partial charge on any atom is -0.481 e. The van der Waals surface area contributed by atoms with Gasteiger partial charge in [0.1, 0.15) is 6.04 Å². The van der Waals surface area contributed by atoms with Crippen molar-refractivity contribution in [2.24, 2.45) is 10.8 Å². The van der Waals surface area contributed by atoms with E-state index in [-0.39, 0.29) is 39.0 Å². The largest absolute Gasteiger partial charge is 0.481 e. The summed E-state index contributed by atoms with van der Waals surface area (Å²) in [6, 6.07) is -1.28. The number of ether oxygens (including phenoxy) is 1. The summed E-state index contributed by atoms with van der Waals surface area (Å²) in [4.78, 5) is 47.3. The van der Waals surface area contributed by atoms with E-state index in [2.05, 4.69) is 10.6 Å². The highest BCUT2D eigenvalue weighted by molar-refractivity contribution is 5.88. The topological polar surface area (TPSA) is 162 Å². The minimum atomic E-state index is -1.28. The summed E-state index contributed by atoms with van der Waals surface area (Å²) in [6.45, 7) is 9.71. The van der Waals surface area contributed by atoms with Gasteiger partial charge < -0.3 is 30.7 Å². The molecule has 0 aromatic rings. The number of aliphatic carboxylic acids is 2. The van der Waals surface area contributed by atoms with Gasteiger partial charge in [-0.25, -0.2) is 4.79 Å². The van der Waals surface area contributed by atoms with Crippen LogP contribution in [0, 0.1) is 10.8 Å². The maximum atomic E-state index is 12.6. The number of hydrogen-bond donors (Lipinski definition) is 5. The second-order valence-corrected chi connectivity index (χ2v) is 9.27. The Balaban J connectivity index is 4.66. The van der Waals surface area contributed by atoms with E-state index in [9.17, 15) is 29.4 Å². The normalized spacial score (nSPS) is 13.4. The Hall–Kier alpha value is -2.20. The average Bonchev–Trinajstić information content (AvgIpc) is 2.60. The summed E-state index contributed by atoms with van der Waals surface area (Å²) in [5, 5.41) is 32.7. The summed E-state index contributed by atoms with van der Waals surface area (Å²) < 4.78 is 5.38. The number of carboxylic acid groups (broad SMARTS) is 2. The Labute approximate surface area is 177 Å². The van der Waals surface area contributed by atoms with Gasteiger partial charge in [0, 0.05) is 18.4 Å². The van der Waals surface area contributed by atoms with E-state index in [0.29, 0.717) is 0 Å². The highest BCUT2D eigenvalue weighted by atomic mass is 16.5. The lowest BCUT2D eigenvalue weighted by Crippen LogP contribution is -2.48. The van der Waals surface area contributed by atoms with Crippen LogP contribution in [0.5, 0.6) is 0 Å².